The Kier molecular flexibility index (Phi) is 13.0. The lowest BCUT2D eigenvalue weighted by Crippen LogP contribution is -2.70. The van der Waals surface area contributed by atoms with Gasteiger partial charge in [0.2, 0.25) is 6.79 Å². The Labute approximate surface area is 432 Å². The third kappa shape index (κ3) is 8.27. The van der Waals surface area contributed by atoms with Gasteiger partial charge in [0.25, 0.3) is 0 Å². The molecule has 0 radical (unpaired) electrons. The Balaban J connectivity index is 1.07. The highest BCUT2D eigenvalue weighted by Crippen LogP contribution is 2.64. The van der Waals surface area contributed by atoms with Gasteiger partial charge in [0.05, 0.1) is 37.6 Å². The van der Waals surface area contributed by atoms with Crippen LogP contribution in [-0.2, 0) is 42.3 Å². The average Bonchev–Trinajstić information content (AvgIpc) is 3.90. The van der Waals surface area contributed by atoms with Gasteiger partial charge in [-0.2, -0.15) is 0 Å². The molecular weight excluding hydrogens is 967 g/mol. The number of esters is 4. The van der Waals surface area contributed by atoms with Gasteiger partial charge in [-0.1, -0.05) is 66.7 Å². The van der Waals surface area contributed by atoms with E-state index in [4.69, 9.17) is 37.9 Å². The van der Waals surface area contributed by atoms with E-state index in [0.717, 1.165) is 27.8 Å². The molecule has 5 aromatic rings. The fourth-order valence-electron chi connectivity index (χ4n) is 11.9. The minimum Gasteiger partial charge on any atom is -0.493 e. The van der Waals surface area contributed by atoms with Gasteiger partial charge in [0.1, 0.15) is 18.6 Å². The Bertz CT molecular complexity index is 3160. The topological polar surface area (TPSA) is 181 Å². The normalized spacial score (nSPS) is 24.6. The van der Waals surface area contributed by atoms with Crippen molar-refractivity contribution in [2.75, 3.05) is 47.0 Å². The van der Waals surface area contributed by atoms with Gasteiger partial charge in [0, 0.05) is 59.7 Å². The zero-order valence-electron chi connectivity index (χ0n) is 41.7. The van der Waals surface area contributed by atoms with Crippen molar-refractivity contribution in [1.29, 1.82) is 0 Å². The van der Waals surface area contributed by atoms with Crippen molar-refractivity contribution in [2.45, 2.75) is 74.8 Å². The van der Waals surface area contributed by atoms with Crippen LogP contribution in [0.25, 0.3) is 12.2 Å². The standard InChI is InChI=1S/C57H55N3O13S/c1-30-23-36-24-38-55(64)60-39-27-68-56(65)57(37-26-40(66-5)41(25-35(37)21-22-58-57)72-42(62)19-17-33-13-9-7-10-14-33)28-74-54(46-45(39)52-51(69-29-70-52)31(2)50(46)71-32(3)61)48(60)47(59(38)4)44(36)53(49(30)67-6)73-43(63)20-18-34-15-11-8-12-16-34/h7-20,23,25-26,38-39,47-48,54-55,58,64H,21-22,24,27-29H2,1-6H3/b19-17+,20-18?/t38-,39+,47+,48?,54+,55-,57+/m0/s1. The second-order valence-corrected chi connectivity index (χ2v) is 20.4. The van der Waals surface area contributed by atoms with Crippen molar-refractivity contribution in [3.05, 3.63) is 147 Å². The van der Waals surface area contributed by atoms with E-state index in [1.165, 1.54) is 37.9 Å². The van der Waals surface area contributed by atoms with Crippen LogP contribution in [-0.4, -0.2) is 104 Å². The molecule has 7 atom stereocenters. The first-order valence-electron chi connectivity index (χ1n) is 24.5. The number of likely N-dealkylation sites (N-methyl/N-ethyl adjacent to an activating group) is 1. The second-order valence-electron chi connectivity index (χ2n) is 19.2. The van der Waals surface area contributed by atoms with Crippen LogP contribution in [0.4, 0.5) is 0 Å². The van der Waals surface area contributed by atoms with Gasteiger partial charge in [-0.05, 0) is 91.4 Å². The monoisotopic (exact) mass is 1020 g/mol. The number of aryl methyl sites for hydroxylation is 1. The molecule has 2 N–H and O–H groups in total. The summed E-state index contributed by atoms with van der Waals surface area (Å²) in [5, 5.41) is 15.8. The number of ether oxygens (including phenoxy) is 8. The van der Waals surface area contributed by atoms with Gasteiger partial charge in [-0.15, -0.1) is 11.8 Å². The molecule has 0 aliphatic carbocycles. The minimum atomic E-state index is -1.49. The molecule has 0 saturated carbocycles. The smallest absolute Gasteiger partial charge is 0.336 e. The number of fused-ring (bicyclic) bond motifs is 9. The summed E-state index contributed by atoms with van der Waals surface area (Å²) in [6.45, 7) is 5.04. The fraction of sp³-hybridized carbons (Fsp3) is 0.333. The number of benzene rings is 5. The van der Waals surface area contributed by atoms with E-state index in [9.17, 15) is 19.5 Å². The predicted octanol–water partition coefficient (Wildman–Crippen LogP) is 7.24. The molecule has 382 valence electrons. The maximum absolute atomic E-state index is 15.3. The third-order valence-electron chi connectivity index (χ3n) is 15.1. The van der Waals surface area contributed by atoms with E-state index in [0.29, 0.717) is 64.5 Å². The van der Waals surface area contributed by atoms with Crippen LogP contribution in [0.1, 0.15) is 79.9 Å². The SMILES string of the molecule is COc1cc2c(cc1OC(=O)/C=C/c1ccccc1)CCN[C@]21CS[C@@H]2c3c(OC(C)=O)c(C)c4c(c3[C@@H](COC1=O)N1C2[C@H]2c3c(cc(C)c(OC)c3OC(=O)C=Cc3ccccc3)C[C@@H]([C@@H]1O)N2C)OCO4. The van der Waals surface area contributed by atoms with Gasteiger partial charge in [-0.25, -0.2) is 14.4 Å². The summed E-state index contributed by atoms with van der Waals surface area (Å²) in [4.78, 5) is 59.9. The molecule has 0 amide bonds. The molecule has 1 spiro atoms. The first kappa shape index (κ1) is 49.1. The van der Waals surface area contributed by atoms with Gasteiger partial charge < -0.3 is 43.0 Å². The van der Waals surface area contributed by atoms with Crippen molar-refractivity contribution in [1.82, 2.24) is 15.1 Å². The molecule has 7 aliphatic rings. The lowest BCUT2D eigenvalue weighted by Gasteiger charge is -2.62. The summed E-state index contributed by atoms with van der Waals surface area (Å²) < 4.78 is 49.5. The molecule has 2 fully saturated rings. The molecule has 4 bridgehead atoms. The zero-order valence-corrected chi connectivity index (χ0v) is 42.5. The summed E-state index contributed by atoms with van der Waals surface area (Å²) in [6, 6.07) is 21.7. The highest BCUT2D eigenvalue weighted by atomic mass is 32.2. The quantitative estimate of drug-likeness (QED) is 0.0856. The third-order valence-corrected chi connectivity index (χ3v) is 16.5. The Morgan fingerprint density at radius 2 is 1.49 bits per heavy atom. The largest absolute Gasteiger partial charge is 0.493 e. The fourth-order valence-corrected chi connectivity index (χ4v) is 13.6. The average molecular weight is 1020 g/mol. The van der Waals surface area contributed by atoms with Crippen molar-refractivity contribution < 1.29 is 62.2 Å². The summed E-state index contributed by atoms with van der Waals surface area (Å²) in [5.74, 6) is -0.156. The lowest BCUT2D eigenvalue weighted by molar-refractivity contribution is -0.186. The van der Waals surface area contributed by atoms with E-state index < -0.39 is 65.1 Å². The Hall–Kier alpha value is -7.15. The highest BCUT2D eigenvalue weighted by molar-refractivity contribution is 7.99. The number of rotatable bonds is 9. The Morgan fingerprint density at radius 3 is 2.16 bits per heavy atom. The summed E-state index contributed by atoms with van der Waals surface area (Å²) >= 11 is 1.43. The molecule has 2 saturated heterocycles. The molecule has 16 nitrogen and oxygen atoms in total. The van der Waals surface area contributed by atoms with E-state index in [1.807, 2.05) is 92.5 Å². The number of hydrogen-bond acceptors (Lipinski definition) is 17. The minimum absolute atomic E-state index is 0.0548. The van der Waals surface area contributed by atoms with Crippen LogP contribution in [0.2, 0.25) is 0 Å². The Morgan fingerprint density at radius 1 is 0.797 bits per heavy atom. The molecule has 1 unspecified atom stereocenters. The molecule has 74 heavy (non-hydrogen) atoms. The summed E-state index contributed by atoms with van der Waals surface area (Å²) in [7, 11) is 4.97. The van der Waals surface area contributed by atoms with Gasteiger partial charge in [-0.3, -0.25) is 19.9 Å². The molecule has 5 aromatic carbocycles. The van der Waals surface area contributed by atoms with E-state index in [1.54, 1.807) is 31.4 Å². The molecule has 12 rings (SSSR count). The number of methoxy groups -OCH3 is 2. The lowest BCUT2D eigenvalue weighted by atomic mass is 9.73. The maximum atomic E-state index is 15.3. The molecule has 7 aliphatic heterocycles. The number of thioether (sulfide) groups is 1. The van der Waals surface area contributed by atoms with E-state index in [-0.39, 0.29) is 42.2 Å². The van der Waals surface area contributed by atoms with Crippen LogP contribution in [0.3, 0.4) is 0 Å². The number of aliphatic hydroxyl groups is 1. The molecule has 17 heteroatoms. The van der Waals surface area contributed by atoms with Crippen LogP contribution in [0.15, 0.2) is 91.0 Å². The second kappa shape index (κ2) is 19.6. The van der Waals surface area contributed by atoms with Crippen molar-refractivity contribution in [3.63, 3.8) is 0 Å². The van der Waals surface area contributed by atoms with Gasteiger partial charge in [0.15, 0.2) is 40.0 Å². The molecular formula is C57H55N3O13S. The van der Waals surface area contributed by atoms with Crippen LogP contribution in [0, 0.1) is 13.8 Å². The highest BCUT2D eigenvalue weighted by Gasteiger charge is 2.61. The first-order valence-corrected chi connectivity index (χ1v) is 25.5. The van der Waals surface area contributed by atoms with Crippen molar-refractivity contribution in [3.8, 4) is 40.2 Å². The summed E-state index contributed by atoms with van der Waals surface area (Å²) in [5.41, 5.74) is 5.54. The van der Waals surface area contributed by atoms with E-state index in [2.05, 4.69) is 10.2 Å². The summed E-state index contributed by atoms with van der Waals surface area (Å²) in [6.07, 6.45) is 5.81. The molecule has 0 aromatic heterocycles. The van der Waals surface area contributed by atoms with Crippen molar-refractivity contribution >= 4 is 47.8 Å². The number of carbonyl (C=O) groups excluding carboxylic acids is 4. The molecule has 7 heterocycles. The number of aliphatic hydroxyl groups excluding tert-OH is 1. The van der Waals surface area contributed by atoms with Crippen molar-refractivity contribution in [2.24, 2.45) is 0 Å². The van der Waals surface area contributed by atoms with Crippen LogP contribution in [0.5, 0.6) is 40.2 Å². The predicted molar refractivity (Wildman–Crippen MR) is 273 cm³/mol. The number of nitrogens with zero attached hydrogens (tertiary/aromatic N) is 2. The maximum Gasteiger partial charge on any atom is 0.336 e. The number of piperazine rings is 1. The van der Waals surface area contributed by atoms with Crippen LogP contribution >= 0.6 is 11.8 Å². The van der Waals surface area contributed by atoms with Gasteiger partial charge >= 0.3 is 23.9 Å². The van der Waals surface area contributed by atoms with Crippen LogP contribution < -0.4 is 38.5 Å². The zero-order chi connectivity index (χ0) is 51.6. The number of hydrogen-bond donors (Lipinski definition) is 2. The number of carbonyl (C=O) groups is 4. The number of nitrogens with one attached hydrogen (secondary N) is 1. The first-order chi connectivity index (χ1) is 35.8. The van der Waals surface area contributed by atoms with E-state index >= 15 is 4.79 Å².